The normalized spacial score (nSPS) is 11.1. The highest BCUT2D eigenvalue weighted by atomic mass is 35.5. The summed E-state index contributed by atoms with van der Waals surface area (Å²) in [5, 5.41) is 3.68. The highest BCUT2D eigenvalue weighted by molar-refractivity contribution is 7.19. The zero-order valence-electron chi connectivity index (χ0n) is 13.2. The van der Waals surface area contributed by atoms with Gasteiger partial charge >= 0.3 is 0 Å². The van der Waals surface area contributed by atoms with Crippen LogP contribution in [0.1, 0.15) is 34.3 Å². The Morgan fingerprint density at radius 1 is 1.30 bits per heavy atom. The minimum atomic E-state index is -0.0186. The molecule has 5 heteroatoms. The van der Waals surface area contributed by atoms with Gasteiger partial charge in [0.1, 0.15) is 5.69 Å². The van der Waals surface area contributed by atoms with Crippen molar-refractivity contribution in [2.24, 2.45) is 0 Å². The van der Waals surface area contributed by atoms with Crippen molar-refractivity contribution in [2.75, 3.05) is 6.54 Å². The molecule has 0 atom stereocenters. The fourth-order valence-electron chi connectivity index (χ4n) is 2.67. The molecule has 3 nitrogen and oxygen atoms in total. The lowest BCUT2D eigenvalue weighted by Crippen LogP contribution is -2.26. The number of nitrogens with zero attached hydrogens (tertiary/aromatic N) is 1. The number of carbonyl (C=O) groups is 1. The van der Waals surface area contributed by atoms with Gasteiger partial charge in [-0.3, -0.25) is 4.79 Å². The summed E-state index contributed by atoms with van der Waals surface area (Å²) >= 11 is 7.81. The van der Waals surface area contributed by atoms with E-state index in [0.29, 0.717) is 23.8 Å². The van der Waals surface area contributed by atoms with Crippen LogP contribution in [-0.4, -0.2) is 17.0 Å². The number of thiophene rings is 1. The molecule has 0 aliphatic rings. The van der Waals surface area contributed by atoms with E-state index in [2.05, 4.69) is 22.9 Å². The van der Waals surface area contributed by atoms with Crippen LogP contribution < -0.4 is 5.32 Å². The number of halogens is 1. The Labute approximate surface area is 144 Å². The van der Waals surface area contributed by atoms with E-state index >= 15 is 0 Å². The summed E-state index contributed by atoms with van der Waals surface area (Å²) in [6.07, 6.45) is 0.925. The highest BCUT2D eigenvalue weighted by Gasteiger charge is 2.17. The van der Waals surface area contributed by atoms with E-state index in [-0.39, 0.29) is 5.91 Å². The van der Waals surface area contributed by atoms with E-state index in [9.17, 15) is 4.79 Å². The monoisotopic (exact) mass is 346 g/mol. The maximum Gasteiger partial charge on any atom is 0.267 e. The van der Waals surface area contributed by atoms with Crippen molar-refractivity contribution < 1.29 is 4.79 Å². The van der Waals surface area contributed by atoms with Crippen molar-refractivity contribution in [3.05, 3.63) is 57.6 Å². The minimum absolute atomic E-state index is 0.0186. The van der Waals surface area contributed by atoms with E-state index in [1.54, 1.807) is 11.3 Å². The smallest absolute Gasteiger partial charge is 0.267 e. The molecule has 23 heavy (non-hydrogen) atoms. The Hall–Kier alpha value is -1.78. The Bertz CT molecular complexity index is 850. The summed E-state index contributed by atoms with van der Waals surface area (Å²) in [6.45, 7) is 5.46. The van der Waals surface area contributed by atoms with Gasteiger partial charge in [-0.25, -0.2) is 0 Å². The number of amides is 1. The van der Waals surface area contributed by atoms with Gasteiger partial charge in [0.25, 0.3) is 5.91 Å². The van der Waals surface area contributed by atoms with Crippen molar-refractivity contribution in [1.29, 1.82) is 0 Å². The molecule has 2 aromatic heterocycles. The van der Waals surface area contributed by atoms with Crippen LogP contribution >= 0.6 is 22.9 Å². The van der Waals surface area contributed by atoms with Crippen molar-refractivity contribution in [3.8, 4) is 0 Å². The Morgan fingerprint density at radius 2 is 2.13 bits per heavy atom. The van der Waals surface area contributed by atoms with E-state index < -0.39 is 0 Å². The summed E-state index contributed by atoms with van der Waals surface area (Å²) in [5.41, 5.74) is 2.90. The second-order valence-corrected chi connectivity index (χ2v) is 7.33. The van der Waals surface area contributed by atoms with Crippen LogP contribution in [-0.2, 0) is 6.54 Å². The number of aryl methyl sites for hydroxylation is 1. The van der Waals surface area contributed by atoms with Crippen molar-refractivity contribution >= 4 is 39.1 Å². The number of aromatic nitrogens is 1. The van der Waals surface area contributed by atoms with Crippen molar-refractivity contribution in [1.82, 2.24) is 9.88 Å². The Balaban J connectivity index is 2.02. The van der Waals surface area contributed by atoms with Crippen LogP contribution in [0.15, 0.2) is 36.4 Å². The number of fused-ring (bicyclic) bond motifs is 1. The van der Waals surface area contributed by atoms with Crippen molar-refractivity contribution in [2.45, 2.75) is 26.8 Å². The number of hydrogen-bond donors (Lipinski definition) is 1. The molecule has 3 rings (SSSR count). The number of benzene rings is 1. The van der Waals surface area contributed by atoms with Crippen LogP contribution in [0.3, 0.4) is 0 Å². The molecule has 3 aromatic rings. The lowest BCUT2D eigenvalue weighted by Gasteiger charge is -2.11. The summed E-state index contributed by atoms with van der Waals surface area (Å²) < 4.78 is 3.22. The molecule has 0 radical (unpaired) electrons. The first-order chi connectivity index (χ1) is 11.1. The van der Waals surface area contributed by atoms with Gasteiger partial charge in [-0.1, -0.05) is 30.7 Å². The molecule has 1 amide bonds. The fourth-order valence-corrected chi connectivity index (χ4v) is 3.85. The van der Waals surface area contributed by atoms with Gasteiger partial charge in [0, 0.05) is 23.0 Å². The largest absolute Gasteiger partial charge is 0.351 e. The van der Waals surface area contributed by atoms with E-state index in [4.69, 9.17) is 11.6 Å². The number of rotatable bonds is 5. The number of hydrogen-bond acceptors (Lipinski definition) is 2. The molecule has 0 fully saturated rings. The second kappa shape index (κ2) is 6.77. The molecule has 0 saturated carbocycles. The first-order valence-electron chi connectivity index (χ1n) is 7.71. The molecule has 2 heterocycles. The van der Waals surface area contributed by atoms with Crippen molar-refractivity contribution in [3.63, 3.8) is 0 Å². The standard InChI is InChI=1S/C18H19ClN2OS/c1-3-7-20-18(22)16-10-17-15(8-12(2)23-17)21(16)11-13-5-4-6-14(19)9-13/h4-6,8-10H,3,7,11H2,1-2H3,(H,20,22). The van der Waals surface area contributed by atoms with Crippen LogP contribution in [0, 0.1) is 6.92 Å². The predicted octanol–water partition coefficient (Wildman–Crippen LogP) is 4.85. The quantitative estimate of drug-likeness (QED) is 0.703. The molecule has 0 bridgehead atoms. The first kappa shape index (κ1) is 16.1. The Morgan fingerprint density at radius 3 is 2.87 bits per heavy atom. The lowest BCUT2D eigenvalue weighted by molar-refractivity contribution is 0.0945. The predicted molar refractivity (Wildman–Crippen MR) is 97.7 cm³/mol. The SMILES string of the molecule is CCCNC(=O)c1cc2sc(C)cc2n1Cc1cccc(Cl)c1. The van der Waals surface area contributed by atoms with Gasteiger partial charge in [-0.15, -0.1) is 11.3 Å². The maximum atomic E-state index is 12.5. The summed E-state index contributed by atoms with van der Waals surface area (Å²) in [4.78, 5) is 13.7. The zero-order valence-corrected chi connectivity index (χ0v) is 14.8. The molecule has 120 valence electrons. The zero-order chi connectivity index (χ0) is 16.4. The molecular weight excluding hydrogens is 328 g/mol. The van der Waals surface area contributed by atoms with E-state index in [1.165, 1.54) is 4.88 Å². The lowest BCUT2D eigenvalue weighted by atomic mass is 10.2. The molecule has 0 spiro atoms. The van der Waals surface area contributed by atoms with Crippen LogP contribution in [0.4, 0.5) is 0 Å². The third-order valence-electron chi connectivity index (χ3n) is 3.71. The van der Waals surface area contributed by atoms with Gasteiger partial charge in [0.2, 0.25) is 0 Å². The van der Waals surface area contributed by atoms with Crippen LogP contribution in [0.5, 0.6) is 0 Å². The minimum Gasteiger partial charge on any atom is -0.351 e. The Kier molecular flexibility index (Phi) is 4.74. The summed E-state index contributed by atoms with van der Waals surface area (Å²) in [7, 11) is 0. The molecular formula is C18H19ClN2OS. The third kappa shape index (κ3) is 3.43. The van der Waals surface area contributed by atoms with Gasteiger partial charge in [-0.05, 0) is 43.2 Å². The maximum absolute atomic E-state index is 12.5. The molecule has 0 aliphatic heterocycles. The number of carbonyl (C=O) groups excluding carboxylic acids is 1. The molecule has 0 saturated heterocycles. The molecule has 0 aliphatic carbocycles. The topological polar surface area (TPSA) is 34.0 Å². The summed E-state index contributed by atoms with van der Waals surface area (Å²) in [5.74, 6) is -0.0186. The van der Waals surface area contributed by atoms with E-state index in [1.807, 2.05) is 37.3 Å². The first-order valence-corrected chi connectivity index (χ1v) is 8.90. The van der Waals surface area contributed by atoms with Gasteiger partial charge in [0.15, 0.2) is 0 Å². The summed E-state index contributed by atoms with van der Waals surface area (Å²) in [6, 6.07) is 11.9. The average Bonchev–Trinajstić information content (AvgIpc) is 3.02. The van der Waals surface area contributed by atoms with Crippen LogP contribution in [0.25, 0.3) is 10.2 Å². The molecule has 1 N–H and O–H groups in total. The highest BCUT2D eigenvalue weighted by Crippen LogP contribution is 2.29. The third-order valence-corrected chi connectivity index (χ3v) is 4.93. The molecule has 1 aromatic carbocycles. The average molecular weight is 347 g/mol. The second-order valence-electron chi connectivity index (χ2n) is 5.61. The molecule has 0 unspecified atom stereocenters. The van der Waals surface area contributed by atoms with E-state index in [0.717, 1.165) is 22.2 Å². The van der Waals surface area contributed by atoms with Crippen LogP contribution in [0.2, 0.25) is 5.02 Å². The van der Waals surface area contributed by atoms with Gasteiger partial charge < -0.3 is 9.88 Å². The fraction of sp³-hybridized carbons (Fsp3) is 0.278. The van der Waals surface area contributed by atoms with Gasteiger partial charge in [-0.2, -0.15) is 0 Å². The van der Waals surface area contributed by atoms with Gasteiger partial charge in [0.05, 0.1) is 10.2 Å². The number of nitrogens with one attached hydrogen (secondary N) is 1.